The molecule has 88 valence electrons. The molecule has 15 heavy (non-hydrogen) atoms. The number of alkyl halides is 2. The quantitative estimate of drug-likeness (QED) is 0.716. The third-order valence-electron chi connectivity index (χ3n) is 3.26. The van der Waals surface area contributed by atoms with Crippen LogP contribution in [0.4, 0.5) is 8.78 Å². The van der Waals surface area contributed by atoms with E-state index in [1.54, 1.807) is 0 Å². The van der Waals surface area contributed by atoms with Gasteiger partial charge in [0.25, 0.3) is 6.43 Å². The van der Waals surface area contributed by atoms with Crippen LogP contribution in [0.3, 0.4) is 0 Å². The lowest BCUT2D eigenvalue weighted by Crippen LogP contribution is -2.59. The predicted molar refractivity (Wildman–Crippen MR) is 51.8 cm³/mol. The van der Waals surface area contributed by atoms with Gasteiger partial charge in [0.05, 0.1) is 0 Å². The minimum absolute atomic E-state index is 0.493. The van der Waals surface area contributed by atoms with Crippen LogP contribution in [0.1, 0.15) is 38.5 Å². The Morgan fingerprint density at radius 3 is 2.07 bits per heavy atom. The molecule has 0 amide bonds. The smallest absolute Gasteiger partial charge is 0.329 e. The fourth-order valence-corrected chi connectivity index (χ4v) is 2.20. The lowest BCUT2D eigenvalue weighted by molar-refractivity contribution is -0.154. The standard InChI is InChI=1S/C10H17F2NO2/c11-8(12)10(13,9(14)15)7-5-3-1-2-4-6-7/h7-8H,1-6,13H2,(H,14,15). The van der Waals surface area contributed by atoms with Crippen LogP contribution >= 0.6 is 0 Å². The molecule has 1 aliphatic carbocycles. The molecule has 1 unspecified atom stereocenters. The van der Waals surface area contributed by atoms with Crippen LogP contribution < -0.4 is 5.73 Å². The van der Waals surface area contributed by atoms with Crippen molar-refractivity contribution < 1.29 is 18.7 Å². The van der Waals surface area contributed by atoms with Gasteiger partial charge in [-0.15, -0.1) is 0 Å². The van der Waals surface area contributed by atoms with Gasteiger partial charge in [-0.1, -0.05) is 25.7 Å². The van der Waals surface area contributed by atoms with E-state index in [0.29, 0.717) is 12.8 Å². The Morgan fingerprint density at radius 1 is 1.27 bits per heavy atom. The van der Waals surface area contributed by atoms with E-state index >= 15 is 0 Å². The molecule has 0 spiro atoms. The molecule has 0 saturated heterocycles. The maximum atomic E-state index is 12.7. The van der Waals surface area contributed by atoms with Gasteiger partial charge in [0.1, 0.15) is 0 Å². The van der Waals surface area contributed by atoms with Crippen LogP contribution in [0.15, 0.2) is 0 Å². The molecule has 3 nitrogen and oxygen atoms in total. The normalized spacial score (nSPS) is 23.5. The Morgan fingerprint density at radius 2 is 1.73 bits per heavy atom. The van der Waals surface area contributed by atoms with Crippen LogP contribution in [0.25, 0.3) is 0 Å². The Balaban J connectivity index is 2.82. The van der Waals surface area contributed by atoms with E-state index < -0.39 is 23.9 Å². The molecule has 1 fully saturated rings. The molecule has 0 radical (unpaired) electrons. The van der Waals surface area contributed by atoms with Crippen LogP contribution in [0.2, 0.25) is 0 Å². The summed E-state index contributed by atoms with van der Waals surface area (Å²) in [4.78, 5) is 10.9. The van der Waals surface area contributed by atoms with Crippen molar-refractivity contribution in [1.82, 2.24) is 0 Å². The second-order valence-electron chi connectivity index (χ2n) is 4.23. The van der Waals surface area contributed by atoms with Crippen LogP contribution in [0.5, 0.6) is 0 Å². The summed E-state index contributed by atoms with van der Waals surface area (Å²) in [5.74, 6) is -2.18. The average molecular weight is 221 g/mol. The monoisotopic (exact) mass is 221 g/mol. The maximum absolute atomic E-state index is 12.7. The van der Waals surface area contributed by atoms with E-state index in [4.69, 9.17) is 10.8 Å². The van der Waals surface area contributed by atoms with E-state index in [0.717, 1.165) is 25.7 Å². The molecule has 0 aliphatic heterocycles. The summed E-state index contributed by atoms with van der Waals surface area (Å²) in [6.07, 6.45) is 1.54. The first-order chi connectivity index (χ1) is 6.99. The first kappa shape index (κ1) is 12.4. The van der Waals surface area contributed by atoms with Crippen molar-refractivity contribution >= 4 is 5.97 Å². The van der Waals surface area contributed by atoms with Crippen molar-refractivity contribution in [1.29, 1.82) is 0 Å². The molecule has 0 heterocycles. The van der Waals surface area contributed by atoms with Crippen molar-refractivity contribution in [3.05, 3.63) is 0 Å². The first-order valence-electron chi connectivity index (χ1n) is 5.30. The number of aliphatic carboxylic acids is 1. The summed E-state index contributed by atoms with van der Waals surface area (Å²) in [6.45, 7) is 0. The summed E-state index contributed by atoms with van der Waals surface area (Å²) < 4.78 is 25.5. The number of carboxylic acids is 1. The minimum Gasteiger partial charge on any atom is -0.480 e. The zero-order valence-electron chi connectivity index (χ0n) is 8.59. The SMILES string of the molecule is NC(C(=O)O)(C(F)F)C1CCCCCC1. The summed E-state index contributed by atoms with van der Waals surface area (Å²) in [5, 5.41) is 8.84. The third-order valence-corrected chi connectivity index (χ3v) is 3.26. The van der Waals surface area contributed by atoms with Crippen LogP contribution in [-0.2, 0) is 4.79 Å². The largest absolute Gasteiger partial charge is 0.480 e. The molecule has 0 aromatic heterocycles. The van der Waals surface area contributed by atoms with Crippen molar-refractivity contribution in [3.8, 4) is 0 Å². The van der Waals surface area contributed by atoms with E-state index in [1.165, 1.54) is 0 Å². The summed E-state index contributed by atoms with van der Waals surface area (Å²) in [5.41, 5.74) is 3.02. The van der Waals surface area contributed by atoms with Gasteiger partial charge in [0.2, 0.25) is 0 Å². The molecule has 0 aromatic rings. The van der Waals surface area contributed by atoms with E-state index in [2.05, 4.69) is 0 Å². The van der Waals surface area contributed by atoms with E-state index in [1.807, 2.05) is 0 Å². The number of halogens is 2. The second-order valence-corrected chi connectivity index (χ2v) is 4.23. The van der Waals surface area contributed by atoms with Crippen molar-refractivity contribution in [2.75, 3.05) is 0 Å². The number of hydrogen-bond acceptors (Lipinski definition) is 2. The number of hydrogen-bond donors (Lipinski definition) is 2. The summed E-state index contributed by atoms with van der Waals surface area (Å²) >= 11 is 0. The molecule has 1 rings (SSSR count). The van der Waals surface area contributed by atoms with Crippen LogP contribution in [0, 0.1) is 5.92 Å². The van der Waals surface area contributed by atoms with Gasteiger partial charge in [-0.05, 0) is 18.8 Å². The molecule has 0 aromatic carbocycles. The minimum atomic E-state index is -3.00. The second kappa shape index (κ2) is 4.88. The first-order valence-corrected chi connectivity index (χ1v) is 5.30. The highest BCUT2D eigenvalue weighted by molar-refractivity contribution is 5.79. The molecular formula is C10H17F2NO2. The lowest BCUT2D eigenvalue weighted by atomic mass is 9.80. The van der Waals surface area contributed by atoms with Gasteiger partial charge in [0.15, 0.2) is 5.54 Å². The Labute approximate surface area is 87.6 Å². The zero-order chi connectivity index (χ0) is 11.5. The van der Waals surface area contributed by atoms with Crippen LogP contribution in [-0.4, -0.2) is 23.0 Å². The number of nitrogens with two attached hydrogens (primary N) is 1. The number of carbonyl (C=O) groups is 1. The van der Waals surface area contributed by atoms with Gasteiger partial charge in [-0.3, -0.25) is 0 Å². The van der Waals surface area contributed by atoms with Crippen molar-refractivity contribution in [2.45, 2.75) is 50.5 Å². The summed E-state index contributed by atoms with van der Waals surface area (Å²) in [7, 11) is 0. The highest BCUT2D eigenvalue weighted by Gasteiger charge is 2.50. The number of carboxylic acid groups (broad SMARTS) is 1. The van der Waals surface area contributed by atoms with Crippen molar-refractivity contribution in [3.63, 3.8) is 0 Å². The molecule has 3 N–H and O–H groups in total. The Bertz CT molecular complexity index is 227. The zero-order valence-corrected chi connectivity index (χ0v) is 8.59. The number of rotatable bonds is 3. The Kier molecular flexibility index (Phi) is 4.02. The molecule has 0 bridgehead atoms. The molecule has 5 heteroatoms. The Hall–Kier alpha value is -0.710. The van der Waals surface area contributed by atoms with E-state index in [-0.39, 0.29) is 0 Å². The van der Waals surface area contributed by atoms with Gasteiger partial charge in [0, 0.05) is 0 Å². The van der Waals surface area contributed by atoms with Gasteiger partial charge in [-0.25, -0.2) is 13.6 Å². The van der Waals surface area contributed by atoms with Gasteiger partial charge in [-0.2, -0.15) is 0 Å². The van der Waals surface area contributed by atoms with Gasteiger partial charge >= 0.3 is 5.97 Å². The maximum Gasteiger partial charge on any atom is 0.329 e. The van der Waals surface area contributed by atoms with Gasteiger partial charge < -0.3 is 10.8 Å². The fraction of sp³-hybridized carbons (Fsp3) is 0.900. The predicted octanol–water partition coefficient (Wildman–Crippen LogP) is 2.00. The molecule has 1 saturated carbocycles. The van der Waals surface area contributed by atoms with E-state index in [9.17, 15) is 13.6 Å². The van der Waals surface area contributed by atoms with Crippen molar-refractivity contribution in [2.24, 2.45) is 11.7 Å². The summed E-state index contributed by atoms with van der Waals surface area (Å²) in [6, 6.07) is 0. The topological polar surface area (TPSA) is 63.3 Å². The third kappa shape index (κ3) is 2.45. The molecule has 1 aliphatic rings. The molecular weight excluding hydrogens is 204 g/mol. The fourth-order valence-electron chi connectivity index (χ4n) is 2.20. The lowest BCUT2D eigenvalue weighted by Gasteiger charge is -2.32. The highest BCUT2D eigenvalue weighted by Crippen LogP contribution is 2.34. The molecule has 1 atom stereocenters. The highest BCUT2D eigenvalue weighted by atomic mass is 19.3. The average Bonchev–Trinajstić information content (AvgIpc) is 2.43.